The van der Waals surface area contributed by atoms with E-state index in [1.807, 2.05) is 0 Å². The SMILES string of the molecule is NCCNCCOCC[O][Ti]. The van der Waals surface area contributed by atoms with E-state index in [2.05, 4.69) is 5.32 Å². The molecule has 0 aromatic carbocycles. The fraction of sp³-hybridized carbons (Fsp3) is 1.00. The molecule has 0 aliphatic rings. The maximum absolute atomic E-state index is 5.27. The van der Waals surface area contributed by atoms with Crippen LogP contribution < -0.4 is 11.1 Å². The Labute approximate surface area is 79.7 Å². The standard InChI is InChI=1S/C6H15N2O2.Ti/c7-1-2-8-3-5-10-6-4-9;/h8H,1-7H2;/q-1;+1. The van der Waals surface area contributed by atoms with Crippen LogP contribution in [0.15, 0.2) is 0 Å². The van der Waals surface area contributed by atoms with E-state index in [9.17, 15) is 0 Å². The van der Waals surface area contributed by atoms with Crippen LogP contribution in [0.4, 0.5) is 0 Å². The molecule has 0 unspecified atom stereocenters. The molecule has 0 atom stereocenters. The van der Waals surface area contributed by atoms with E-state index in [1.165, 1.54) is 0 Å². The Balaban J connectivity index is 2.69. The van der Waals surface area contributed by atoms with Gasteiger partial charge in [-0.3, -0.25) is 0 Å². The van der Waals surface area contributed by atoms with Crippen molar-refractivity contribution in [2.45, 2.75) is 0 Å². The molecule has 0 bridgehead atoms. The van der Waals surface area contributed by atoms with Crippen LogP contribution in [0.3, 0.4) is 0 Å². The van der Waals surface area contributed by atoms with Gasteiger partial charge in [0.1, 0.15) is 0 Å². The van der Waals surface area contributed by atoms with E-state index in [4.69, 9.17) is 13.8 Å². The molecule has 5 heteroatoms. The van der Waals surface area contributed by atoms with E-state index in [0.717, 1.165) is 19.7 Å². The summed E-state index contributed by atoms with van der Waals surface area (Å²) in [6.45, 7) is 4.45. The van der Waals surface area contributed by atoms with E-state index in [0.29, 0.717) is 19.8 Å². The van der Waals surface area contributed by atoms with Crippen molar-refractivity contribution < 1.29 is 28.9 Å². The average Bonchev–Trinajstić information content (AvgIpc) is 2.03. The summed E-state index contributed by atoms with van der Waals surface area (Å²) in [5.74, 6) is 0. The van der Waals surface area contributed by atoms with Crippen molar-refractivity contribution in [3.8, 4) is 0 Å². The Morgan fingerprint density at radius 2 is 2.00 bits per heavy atom. The predicted molar refractivity (Wildman–Crippen MR) is 38.7 cm³/mol. The van der Waals surface area contributed by atoms with Crippen LogP contribution in [0.1, 0.15) is 0 Å². The van der Waals surface area contributed by atoms with Crippen LogP contribution in [0, 0.1) is 0 Å². The normalized spacial score (nSPS) is 10.2. The zero-order valence-corrected chi connectivity index (χ0v) is 8.20. The molecule has 11 heavy (non-hydrogen) atoms. The molecule has 0 saturated carbocycles. The second-order valence-corrected chi connectivity index (χ2v) is 2.45. The predicted octanol–water partition coefficient (Wildman–Crippen LogP) is -0.970. The number of nitrogens with one attached hydrogen (secondary N) is 1. The monoisotopic (exact) mass is 195 g/mol. The molecule has 3 N–H and O–H groups in total. The first-order valence-corrected chi connectivity index (χ1v) is 4.32. The summed E-state index contributed by atoms with van der Waals surface area (Å²) < 4.78 is 10.00. The molecule has 0 saturated heterocycles. The molecule has 0 heterocycles. The molecule has 0 rings (SSSR count). The Morgan fingerprint density at radius 1 is 1.18 bits per heavy atom. The number of hydrogen-bond donors (Lipinski definition) is 2. The van der Waals surface area contributed by atoms with E-state index < -0.39 is 0 Å². The van der Waals surface area contributed by atoms with Gasteiger partial charge in [-0.2, -0.15) is 0 Å². The third-order valence-electron chi connectivity index (χ3n) is 1.07. The fourth-order valence-corrected chi connectivity index (χ4v) is 0.704. The summed E-state index contributed by atoms with van der Waals surface area (Å²) >= 11 is 1.66. The molecule has 0 fully saturated rings. The second-order valence-electron chi connectivity index (χ2n) is 2.00. The summed E-state index contributed by atoms with van der Waals surface area (Å²) in [5.41, 5.74) is 5.27. The van der Waals surface area contributed by atoms with Gasteiger partial charge >= 0.3 is 79.4 Å². The van der Waals surface area contributed by atoms with Crippen molar-refractivity contribution in [2.75, 3.05) is 39.5 Å². The van der Waals surface area contributed by atoms with Gasteiger partial charge in [-0.25, -0.2) is 0 Å². The van der Waals surface area contributed by atoms with E-state index in [1.54, 1.807) is 20.8 Å². The Hall–Kier alpha value is 0.554. The molecule has 0 amide bonds. The average molecular weight is 195 g/mol. The van der Waals surface area contributed by atoms with Gasteiger partial charge in [-0.05, 0) is 0 Å². The van der Waals surface area contributed by atoms with Gasteiger partial charge in [0.15, 0.2) is 0 Å². The van der Waals surface area contributed by atoms with Crippen molar-refractivity contribution in [3.63, 3.8) is 0 Å². The minimum atomic E-state index is 0.664. The molecule has 0 aliphatic carbocycles. The Morgan fingerprint density at radius 3 is 2.64 bits per heavy atom. The van der Waals surface area contributed by atoms with E-state index >= 15 is 0 Å². The number of hydrogen-bond acceptors (Lipinski definition) is 4. The first-order chi connectivity index (χ1) is 5.41. The molecular formula is C6H15N2O2Ti. The van der Waals surface area contributed by atoms with E-state index in [-0.39, 0.29) is 0 Å². The number of rotatable bonds is 8. The van der Waals surface area contributed by atoms with Gasteiger partial charge in [0.05, 0.1) is 0 Å². The number of ether oxygens (including phenoxy) is 1. The van der Waals surface area contributed by atoms with Crippen LogP contribution in [-0.2, 0) is 28.9 Å². The zero-order chi connectivity index (χ0) is 8.36. The first kappa shape index (κ1) is 11.6. The van der Waals surface area contributed by atoms with Crippen molar-refractivity contribution in [2.24, 2.45) is 5.73 Å². The van der Waals surface area contributed by atoms with Gasteiger partial charge in [0.2, 0.25) is 0 Å². The molecule has 0 spiro atoms. The maximum atomic E-state index is 5.27. The molecule has 65 valence electrons. The van der Waals surface area contributed by atoms with Crippen molar-refractivity contribution >= 4 is 0 Å². The van der Waals surface area contributed by atoms with Crippen molar-refractivity contribution in [1.82, 2.24) is 5.32 Å². The number of nitrogens with two attached hydrogens (primary N) is 1. The summed E-state index contributed by atoms with van der Waals surface area (Å²) in [6, 6.07) is 0. The molecule has 0 aromatic heterocycles. The van der Waals surface area contributed by atoms with Gasteiger partial charge < -0.3 is 0 Å². The summed E-state index contributed by atoms with van der Waals surface area (Å²) in [6.07, 6.45) is 0. The minimum absolute atomic E-state index is 0.664. The Bertz CT molecular complexity index is 67.6. The zero-order valence-electron chi connectivity index (χ0n) is 6.64. The second kappa shape index (κ2) is 10.6. The quantitative estimate of drug-likeness (QED) is 0.386. The van der Waals surface area contributed by atoms with Gasteiger partial charge in [-0.15, -0.1) is 0 Å². The summed E-state index contributed by atoms with van der Waals surface area (Å²) in [5, 5.41) is 3.12. The van der Waals surface area contributed by atoms with Crippen LogP contribution in [0.2, 0.25) is 0 Å². The van der Waals surface area contributed by atoms with Crippen molar-refractivity contribution in [1.29, 1.82) is 0 Å². The fourth-order valence-electron chi connectivity index (χ4n) is 0.574. The molecule has 0 radical (unpaired) electrons. The van der Waals surface area contributed by atoms with Crippen LogP contribution in [-0.4, -0.2) is 39.5 Å². The molecule has 0 aromatic rings. The van der Waals surface area contributed by atoms with Gasteiger partial charge in [0.25, 0.3) is 0 Å². The molecule has 0 aliphatic heterocycles. The summed E-state index contributed by atoms with van der Waals surface area (Å²) in [7, 11) is 0. The first-order valence-electron chi connectivity index (χ1n) is 3.69. The summed E-state index contributed by atoms with van der Waals surface area (Å²) in [4.78, 5) is 0. The molecule has 4 nitrogen and oxygen atoms in total. The van der Waals surface area contributed by atoms with Crippen molar-refractivity contribution in [3.05, 3.63) is 0 Å². The topological polar surface area (TPSA) is 56.5 Å². The van der Waals surface area contributed by atoms with Gasteiger partial charge in [0, 0.05) is 0 Å². The third kappa shape index (κ3) is 10.6. The molecular weight excluding hydrogens is 180 g/mol. The third-order valence-corrected chi connectivity index (χ3v) is 1.39. The van der Waals surface area contributed by atoms with Crippen LogP contribution >= 0.6 is 0 Å². The Kier molecular flexibility index (Phi) is 11.1. The van der Waals surface area contributed by atoms with Crippen LogP contribution in [0.5, 0.6) is 0 Å². The van der Waals surface area contributed by atoms with Crippen LogP contribution in [0.25, 0.3) is 0 Å². The van der Waals surface area contributed by atoms with Gasteiger partial charge in [-0.1, -0.05) is 0 Å².